The smallest absolute Gasteiger partial charge is 0.309 e. The van der Waals surface area contributed by atoms with E-state index in [0.717, 1.165) is 64.2 Å². The van der Waals surface area contributed by atoms with E-state index in [9.17, 15) is 4.79 Å². The Hall–Kier alpha value is -2.85. The fourth-order valence-corrected chi connectivity index (χ4v) is 4.90. The molecule has 2 aliphatic rings. The maximum absolute atomic E-state index is 12.7. The van der Waals surface area contributed by atoms with Gasteiger partial charge in [-0.25, -0.2) is 0 Å². The minimum atomic E-state index is 0.0156. The average molecular weight is 417 g/mol. The van der Waals surface area contributed by atoms with Crippen molar-refractivity contribution in [3.05, 3.63) is 59.7 Å². The van der Waals surface area contributed by atoms with Crippen LogP contribution in [-0.4, -0.2) is 12.1 Å². The van der Waals surface area contributed by atoms with Crippen molar-refractivity contribution >= 4 is 5.97 Å². The molecule has 162 valence electrons. The number of carbonyl (C=O) groups excluding carboxylic acids is 1. The molecule has 2 saturated carbocycles. The molecule has 0 N–H and O–H groups in total. The lowest BCUT2D eigenvalue weighted by molar-refractivity contribution is -0.157. The molecule has 4 nitrogen and oxygen atoms in total. The van der Waals surface area contributed by atoms with E-state index in [2.05, 4.69) is 24.3 Å². The van der Waals surface area contributed by atoms with Gasteiger partial charge in [-0.3, -0.25) is 4.79 Å². The standard InChI is InChI=1S/C27H32N2O2/c28-19-5-3-1-2-4-6-21-7-13-25(14-8-21)27(30)31-26-17-15-24(16-18-26)23-11-9-22(20-29)10-12-23/h1-3,5,9-12,21,24-26H,4,6-8,13-18H2. The number of hydrogen-bond acceptors (Lipinski definition) is 4. The van der Waals surface area contributed by atoms with E-state index in [4.69, 9.17) is 15.3 Å². The van der Waals surface area contributed by atoms with Crippen LogP contribution in [0.25, 0.3) is 0 Å². The van der Waals surface area contributed by atoms with E-state index in [1.54, 1.807) is 6.08 Å². The first-order chi connectivity index (χ1) is 15.2. The number of rotatable bonds is 7. The zero-order valence-electron chi connectivity index (χ0n) is 18.2. The third-order valence-corrected chi connectivity index (χ3v) is 6.81. The molecule has 1 aromatic rings. The summed E-state index contributed by atoms with van der Waals surface area (Å²) >= 11 is 0. The zero-order chi connectivity index (χ0) is 21.9. The van der Waals surface area contributed by atoms with E-state index >= 15 is 0 Å². The Labute approximate surface area is 186 Å². The van der Waals surface area contributed by atoms with E-state index in [1.807, 2.05) is 24.3 Å². The number of allylic oxidation sites excluding steroid dienone is 4. The Morgan fingerprint density at radius 1 is 0.968 bits per heavy atom. The molecule has 2 aliphatic carbocycles. The summed E-state index contributed by atoms with van der Waals surface area (Å²) in [5, 5.41) is 17.4. The molecule has 0 spiro atoms. The Bertz CT molecular complexity index is 841. The zero-order valence-corrected chi connectivity index (χ0v) is 18.2. The molecule has 0 radical (unpaired) electrons. The quantitative estimate of drug-likeness (QED) is 0.295. The van der Waals surface area contributed by atoms with Crippen LogP contribution >= 0.6 is 0 Å². The molecular weight excluding hydrogens is 384 g/mol. The van der Waals surface area contributed by atoms with Gasteiger partial charge in [0.05, 0.1) is 23.6 Å². The molecule has 1 aromatic carbocycles. The molecule has 0 heterocycles. The number of nitriles is 2. The highest BCUT2D eigenvalue weighted by Gasteiger charge is 2.30. The molecule has 3 rings (SSSR count). The number of carbonyl (C=O) groups is 1. The van der Waals surface area contributed by atoms with Gasteiger partial charge in [0.2, 0.25) is 0 Å². The maximum atomic E-state index is 12.7. The highest BCUT2D eigenvalue weighted by atomic mass is 16.5. The molecule has 0 aromatic heterocycles. The molecule has 0 saturated heterocycles. The van der Waals surface area contributed by atoms with E-state index in [0.29, 0.717) is 17.4 Å². The second-order valence-electron chi connectivity index (χ2n) is 8.86. The van der Waals surface area contributed by atoms with E-state index in [-0.39, 0.29) is 18.0 Å². The Balaban J connectivity index is 1.34. The van der Waals surface area contributed by atoms with Gasteiger partial charge in [0, 0.05) is 6.08 Å². The molecule has 4 heteroatoms. The van der Waals surface area contributed by atoms with Gasteiger partial charge in [-0.1, -0.05) is 30.4 Å². The minimum absolute atomic E-state index is 0.0156. The third-order valence-electron chi connectivity index (χ3n) is 6.81. The van der Waals surface area contributed by atoms with E-state index in [1.165, 1.54) is 11.6 Å². The number of nitrogens with zero attached hydrogens (tertiary/aromatic N) is 2. The lowest BCUT2D eigenvalue weighted by Gasteiger charge is -2.31. The van der Waals surface area contributed by atoms with Crippen LogP contribution < -0.4 is 0 Å². The number of esters is 1. The third kappa shape index (κ3) is 7.11. The predicted octanol–water partition coefficient (Wildman–Crippen LogP) is 6.35. The number of ether oxygens (including phenoxy) is 1. The van der Waals surface area contributed by atoms with Crippen LogP contribution in [0.1, 0.15) is 81.3 Å². The van der Waals surface area contributed by atoms with Gasteiger partial charge in [0.15, 0.2) is 0 Å². The van der Waals surface area contributed by atoms with Crippen LogP contribution in [0.2, 0.25) is 0 Å². The highest BCUT2D eigenvalue weighted by Crippen LogP contribution is 2.36. The second-order valence-corrected chi connectivity index (χ2v) is 8.86. The van der Waals surface area contributed by atoms with E-state index < -0.39 is 0 Å². The summed E-state index contributed by atoms with van der Waals surface area (Å²) in [6, 6.07) is 12.0. The summed E-state index contributed by atoms with van der Waals surface area (Å²) in [6.45, 7) is 0. The van der Waals surface area contributed by atoms with Crippen LogP contribution in [0.3, 0.4) is 0 Å². The molecule has 2 fully saturated rings. The van der Waals surface area contributed by atoms with Crippen molar-refractivity contribution < 1.29 is 9.53 Å². The first-order valence-electron chi connectivity index (χ1n) is 11.6. The van der Waals surface area contributed by atoms with Crippen LogP contribution in [-0.2, 0) is 9.53 Å². The summed E-state index contributed by atoms with van der Waals surface area (Å²) in [6.07, 6.45) is 17.6. The first-order valence-corrected chi connectivity index (χ1v) is 11.6. The molecule has 0 amide bonds. The lowest BCUT2D eigenvalue weighted by atomic mass is 9.79. The van der Waals surface area contributed by atoms with Crippen molar-refractivity contribution in [3.8, 4) is 12.1 Å². The van der Waals surface area contributed by atoms with Crippen LogP contribution in [0.4, 0.5) is 0 Å². The average Bonchev–Trinajstić information content (AvgIpc) is 2.82. The van der Waals surface area contributed by atoms with Gasteiger partial charge < -0.3 is 4.74 Å². The van der Waals surface area contributed by atoms with Crippen LogP contribution in [0.5, 0.6) is 0 Å². The molecule has 0 aliphatic heterocycles. The summed E-state index contributed by atoms with van der Waals surface area (Å²) in [4.78, 5) is 12.7. The summed E-state index contributed by atoms with van der Waals surface area (Å²) in [5.74, 6) is 1.28. The van der Waals surface area contributed by atoms with Crippen molar-refractivity contribution in [2.24, 2.45) is 11.8 Å². The first kappa shape index (κ1) is 22.8. The van der Waals surface area contributed by atoms with Crippen molar-refractivity contribution in [3.63, 3.8) is 0 Å². The topological polar surface area (TPSA) is 73.9 Å². The number of benzene rings is 1. The molecule has 0 atom stereocenters. The molecule has 31 heavy (non-hydrogen) atoms. The molecule has 0 bridgehead atoms. The molecule has 0 unspecified atom stereocenters. The van der Waals surface area contributed by atoms with Crippen molar-refractivity contribution in [1.29, 1.82) is 10.5 Å². The summed E-state index contributed by atoms with van der Waals surface area (Å²) < 4.78 is 5.90. The Morgan fingerprint density at radius 3 is 2.32 bits per heavy atom. The maximum Gasteiger partial charge on any atom is 0.309 e. The number of hydrogen-bond donors (Lipinski definition) is 0. The van der Waals surface area contributed by atoms with Gasteiger partial charge in [-0.05, 0) is 93.7 Å². The second kappa shape index (κ2) is 12.1. The van der Waals surface area contributed by atoms with Gasteiger partial charge in [0.1, 0.15) is 6.10 Å². The monoisotopic (exact) mass is 416 g/mol. The summed E-state index contributed by atoms with van der Waals surface area (Å²) in [5.41, 5.74) is 1.99. The largest absolute Gasteiger partial charge is 0.462 e. The lowest BCUT2D eigenvalue weighted by Crippen LogP contribution is -2.29. The molecular formula is C27H32N2O2. The summed E-state index contributed by atoms with van der Waals surface area (Å²) in [7, 11) is 0. The van der Waals surface area contributed by atoms with Crippen molar-refractivity contribution in [2.75, 3.05) is 0 Å². The van der Waals surface area contributed by atoms with Crippen LogP contribution in [0, 0.1) is 34.5 Å². The van der Waals surface area contributed by atoms with Crippen LogP contribution in [0.15, 0.2) is 48.6 Å². The van der Waals surface area contributed by atoms with Crippen molar-refractivity contribution in [2.45, 2.75) is 76.2 Å². The van der Waals surface area contributed by atoms with Gasteiger partial charge in [0.25, 0.3) is 0 Å². The fraction of sp³-hybridized carbons (Fsp3) is 0.519. The van der Waals surface area contributed by atoms with Gasteiger partial charge in [-0.2, -0.15) is 10.5 Å². The Kier molecular flexibility index (Phi) is 8.92. The van der Waals surface area contributed by atoms with Gasteiger partial charge >= 0.3 is 5.97 Å². The fourth-order valence-electron chi connectivity index (χ4n) is 4.90. The predicted molar refractivity (Wildman–Crippen MR) is 121 cm³/mol. The SMILES string of the molecule is N#CC=CC=CCCC1CCC(C(=O)OC2CCC(c3ccc(C#N)cc3)CC2)CC1. The Morgan fingerprint density at radius 2 is 1.68 bits per heavy atom. The minimum Gasteiger partial charge on any atom is -0.462 e. The van der Waals surface area contributed by atoms with Gasteiger partial charge in [-0.15, -0.1) is 0 Å². The normalized spacial score (nSPS) is 26.4. The van der Waals surface area contributed by atoms with Crippen molar-refractivity contribution in [1.82, 2.24) is 0 Å². The highest BCUT2D eigenvalue weighted by molar-refractivity contribution is 5.72.